The van der Waals surface area contributed by atoms with Crippen LogP contribution in [0.3, 0.4) is 0 Å². The normalized spacial score (nSPS) is 10.6. The Labute approximate surface area is 110 Å². The molecule has 1 amide bonds. The summed E-state index contributed by atoms with van der Waals surface area (Å²) in [7, 11) is 0. The summed E-state index contributed by atoms with van der Waals surface area (Å²) < 4.78 is 1.81. The molecule has 0 aliphatic heterocycles. The third-order valence-electron chi connectivity index (χ3n) is 2.47. The van der Waals surface area contributed by atoms with Gasteiger partial charge in [-0.2, -0.15) is 0 Å². The van der Waals surface area contributed by atoms with E-state index in [1.807, 2.05) is 23.6 Å². The molecular formula is C12H16N4OS. The number of carbonyl (C=O) groups is 1. The Kier molecular flexibility index (Phi) is 4.11. The van der Waals surface area contributed by atoms with Gasteiger partial charge in [0.2, 0.25) is 0 Å². The maximum absolute atomic E-state index is 11.8. The molecular weight excluding hydrogens is 248 g/mol. The molecule has 6 heteroatoms. The van der Waals surface area contributed by atoms with Gasteiger partial charge >= 0.3 is 0 Å². The summed E-state index contributed by atoms with van der Waals surface area (Å²) in [6.45, 7) is 3.79. The lowest BCUT2D eigenvalue weighted by molar-refractivity contribution is 0.0946. The van der Waals surface area contributed by atoms with E-state index in [-0.39, 0.29) is 5.91 Å². The lowest BCUT2D eigenvalue weighted by atomic mass is 10.4. The number of amides is 1. The minimum Gasteiger partial charge on any atom is -0.346 e. The summed E-state index contributed by atoms with van der Waals surface area (Å²) in [5.41, 5.74) is 5.86. The summed E-state index contributed by atoms with van der Waals surface area (Å²) in [5, 5.41) is 2.85. The van der Waals surface area contributed by atoms with Crippen LogP contribution in [0.5, 0.6) is 0 Å². The van der Waals surface area contributed by atoms with Crippen LogP contribution in [0.1, 0.15) is 20.2 Å². The molecule has 2 rings (SSSR count). The van der Waals surface area contributed by atoms with Crippen LogP contribution in [-0.2, 0) is 13.1 Å². The number of hydrogen-bond donors (Lipinski definition) is 2. The fraction of sp³-hybridized carbons (Fsp3) is 0.333. The summed E-state index contributed by atoms with van der Waals surface area (Å²) in [4.78, 5) is 18.3. The van der Waals surface area contributed by atoms with Crippen LogP contribution in [0.4, 0.5) is 0 Å². The second kappa shape index (κ2) is 5.79. The molecule has 0 bridgehead atoms. The molecule has 0 atom stereocenters. The molecule has 0 radical (unpaired) electrons. The van der Waals surface area contributed by atoms with Gasteiger partial charge in [-0.3, -0.25) is 4.79 Å². The fourth-order valence-corrected chi connectivity index (χ4v) is 2.42. The number of aryl methyl sites for hydroxylation is 1. The molecule has 0 unspecified atom stereocenters. The lowest BCUT2D eigenvalue weighted by Crippen LogP contribution is -2.22. The van der Waals surface area contributed by atoms with Gasteiger partial charge in [-0.25, -0.2) is 4.98 Å². The molecule has 2 aromatic heterocycles. The zero-order valence-corrected chi connectivity index (χ0v) is 11.0. The molecule has 96 valence electrons. The molecule has 18 heavy (non-hydrogen) atoms. The first kappa shape index (κ1) is 12.8. The standard InChI is InChI=1S/C12H16N4OS/c1-9-2-3-10(18-9)6-14-12(17)11-7-16(5-4-13)8-15-11/h2-3,7-8H,4-6,13H2,1H3,(H,14,17). The number of thiophene rings is 1. The van der Waals surface area contributed by atoms with Crippen molar-refractivity contribution in [3.8, 4) is 0 Å². The van der Waals surface area contributed by atoms with Gasteiger partial charge in [-0.05, 0) is 19.1 Å². The number of nitrogens with two attached hydrogens (primary N) is 1. The Bertz CT molecular complexity index is 532. The molecule has 2 heterocycles. The quantitative estimate of drug-likeness (QED) is 0.850. The highest BCUT2D eigenvalue weighted by molar-refractivity contribution is 7.11. The highest BCUT2D eigenvalue weighted by Crippen LogP contribution is 2.14. The van der Waals surface area contributed by atoms with Crippen molar-refractivity contribution in [3.05, 3.63) is 40.1 Å². The summed E-state index contributed by atoms with van der Waals surface area (Å²) in [5.74, 6) is -0.156. The number of aromatic nitrogens is 2. The van der Waals surface area contributed by atoms with Crippen LogP contribution in [0.15, 0.2) is 24.7 Å². The summed E-state index contributed by atoms with van der Waals surface area (Å²) in [6, 6.07) is 4.06. The van der Waals surface area contributed by atoms with E-state index < -0.39 is 0 Å². The van der Waals surface area contributed by atoms with Gasteiger partial charge in [0, 0.05) is 29.0 Å². The van der Waals surface area contributed by atoms with E-state index in [0.29, 0.717) is 25.3 Å². The zero-order valence-electron chi connectivity index (χ0n) is 10.2. The Balaban J connectivity index is 1.90. The van der Waals surface area contributed by atoms with Crippen LogP contribution in [0.25, 0.3) is 0 Å². The lowest BCUT2D eigenvalue weighted by Gasteiger charge is -2.00. The molecule has 2 aromatic rings. The van der Waals surface area contributed by atoms with E-state index in [2.05, 4.69) is 10.3 Å². The molecule has 3 N–H and O–H groups in total. The van der Waals surface area contributed by atoms with Crippen molar-refractivity contribution in [3.63, 3.8) is 0 Å². The van der Waals surface area contributed by atoms with Crippen molar-refractivity contribution in [2.45, 2.75) is 20.0 Å². The number of carbonyl (C=O) groups excluding carboxylic acids is 1. The van der Waals surface area contributed by atoms with Crippen molar-refractivity contribution in [1.82, 2.24) is 14.9 Å². The largest absolute Gasteiger partial charge is 0.346 e. The van der Waals surface area contributed by atoms with Gasteiger partial charge in [0.25, 0.3) is 5.91 Å². The number of nitrogens with zero attached hydrogens (tertiary/aromatic N) is 2. The van der Waals surface area contributed by atoms with Crippen LogP contribution >= 0.6 is 11.3 Å². The van der Waals surface area contributed by atoms with Crippen LogP contribution in [0, 0.1) is 6.92 Å². The molecule has 5 nitrogen and oxygen atoms in total. The maximum atomic E-state index is 11.8. The van der Waals surface area contributed by atoms with Gasteiger partial charge in [0.15, 0.2) is 0 Å². The highest BCUT2D eigenvalue weighted by Gasteiger charge is 2.09. The molecule has 0 aliphatic rings. The first-order valence-corrected chi connectivity index (χ1v) is 6.56. The van der Waals surface area contributed by atoms with E-state index in [1.54, 1.807) is 23.9 Å². The Morgan fingerprint density at radius 1 is 1.56 bits per heavy atom. The SMILES string of the molecule is Cc1ccc(CNC(=O)c2cn(CCN)cn2)s1. The number of imidazole rings is 1. The molecule has 0 saturated carbocycles. The number of rotatable bonds is 5. The first-order chi connectivity index (χ1) is 8.69. The molecule has 0 aliphatic carbocycles. The summed E-state index contributed by atoms with van der Waals surface area (Å²) >= 11 is 1.68. The molecule has 0 spiro atoms. The van der Waals surface area contributed by atoms with E-state index in [0.717, 1.165) is 4.88 Å². The maximum Gasteiger partial charge on any atom is 0.271 e. The van der Waals surface area contributed by atoms with Gasteiger partial charge in [0.05, 0.1) is 12.9 Å². The fourth-order valence-electron chi connectivity index (χ4n) is 1.59. The van der Waals surface area contributed by atoms with Gasteiger partial charge in [-0.1, -0.05) is 0 Å². The minimum absolute atomic E-state index is 0.156. The number of nitrogens with one attached hydrogen (secondary N) is 1. The molecule has 0 aromatic carbocycles. The minimum atomic E-state index is -0.156. The molecule has 0 fully saturated rings. The monoisotopic (exact) mass is 264 g/mol. The Morgan fingerprint density at radius 2 is 2.39 bits per heavy atom. The van der Waals surface area contributed by atoms with Crippen molar-refractivity contribution in [2.75, 3.05) is 6.54 Å². The topological polar surface area (TPSA) is 72.9 Å². The predicted octanol–water partition coefficient (Wildman–Crippen LogP) is 1.14. The smallest absolute Gasteiger partial charge is 0.271 e. The van der Waals surface area contributed by atoms with Gasteiger partial charge in [0.1, 0.15) is 5.69 Å². The summed E-state index contributed by atoms with van der Waals surface area (Å²) in [6.07, 6.45) is 3.33. The first-order valence-electron chi connectivity index (χ1n) is 5.74. The third-order valence-corrected chi connectivity index (χ3v) is 3.47. The van der Waals surface area contributed by atoms with Crippen LogP contribution in [-0.4, -0.2) is 22.0 Å². The van der Waals surface area contributed by atoms with Crippen LogP contribution < -0.4 is 11.1 Å². The van der Waals surface area contributed by atoms with Crippen molar-refractivity contribution >= 4 is 17.2 Å². The van der Waals surface area contributed by atoms with E-state index in [9.17, 15) is 4.79 Å². The second-order valence-corrected chi connectivity index (χ2v) is 5.35. The van der Waals surface area contributed by atoms with E-state index in [1.165, 1.54) is 4.88 Å². The molecule has 0 saturated heterocycles. The average molecular weight is 264 g/mol. The average Bonchev–Trinajstić information content (AvgIpc) is 2.96. The number of hydrogen-bond acceptors (Lipinski definition) is 4. The Hall–Kier alpha value is -1.66. The third kappa shape index (κ3) is 3.18. The van der Waals surface area contributed by atoms with Crippen molar-refractivity contribution < 1.29 is 4.79 Å². The van der Waals surface area contributed by atoms with Crippen molar-refractivity contribution in [2.24, 2.45) is 5.73 Å². The predicted molar refractivity (Wildman–Crippen MR) is 71.5 cm³/mol. The van der Waals surface area contributed by atoms with Crippen molar-refractivity contribution in [1.29, 1.82) is 0 Å². The second-order valence-electron chi connectivity index (χ2n) is 3.98. The van der Waals surface area contributed by atoms with Gasteiger partial charge in [-0.15, -0.1) is 11.3 Å². The van der Waals surface area contributed by atoms with E-state index in [4.69, 9.17) is 5.73 Å². The van der Waals surface area contributed by atoms with Crippen LogP contribution in [0.2, 0.25) is 0 Å². The highest BCUT2D eigenvalue weighted by atomic mass is 32.1. The van der Waals surface area contributed by atoms with Gasteiger partial charge < -0.3 is 15.6 Å². The van der Waals surface area contributed by atoms with E-state index >= 15 is 0 Å². The zero-order chi connectivity index (χ0) is 13.0. The Morgan fingerprint density at radius 3 is 3.06 bits per heavy atom.